The first-order valence-electron chi connectivity index (χ1n) is 8.39. The van der Waals surface area contributed by atoms with Crippen LogP contribution in [0.2, 0.25) is 0 Å². The smallest absolute Gasteiger partial charge is 0.307 e. The van der Waals surface area contributed by atoms with Crippen molar-refractivity contribution in [2.45, 2.75) is 26.2 Å². The van der Waals surface area contributed by atoms with E-state index >= 15 is 0 Å². The molecule has 1 atom stereocenters. The highest BCUT2D eigenvalue weighted by molar-refractivity contribution is 7.13. The number of carboxylic acids is 1. The third kappa shape index (κ3) is 4.15. The molecule has 3 rings (SSSR count). The van der Waals surface area contributed by atoms with Gasteiger partial charge in [-0.15, -0.1) is 22.7 Å². The molecule has 128 valence electrons. The molecule has 0 aromatic carbocycles. The lowest BCUT2D eigenvalue weighted by Gasteiger charge is -2.30. The lowest BCUT2D eigenvalue weighted by molar-refractivity contribution is -0.143. The molecule has 0 spiro atoms. The lowest BCUT2D eigenvalue weighted by atomic mass is 9.98. The maximum atomic E-state index is 11.2. The fourth-order valence-electron chi connectivity index (χ4n) is 3.24. The Kier molecular flexibility index (Phi) is 5.87. The van der Waals surface area contributed by atoms with Crippen molar-refractivity contribution in [3.05, 3.63) is 50.4 Å². The number of likely N-dealkylation sites (tertiary alicyclic amines) is 1. The first kappa shape index (κ1) is 17.4. The second-order valence-corrected chi connectivity index (χ2v) is 8.16. The molecule has 2 aromatic heterocycles. The second kappa shape index (κ2) is 8.10. The first-order chi connectivity index (χ1) is 11.6. The predicted molar refractivity (Wildman–Crippen MR) is 102 cm³/mol. The molecule has 2 aromatic rings. The highest BCUT2D eigenvalue weighted by Crippen LogP contribution is 2.33. The Morgan fingerprint density at radius 3 is 2.92 bits per heavy atom. The van der Waals surface area contributed by atoms with E-state index in [0.29, 0.717) is 6.54 Å². The number of aliphatic carboxylic acids is 1. The molecule has 5 heteroatoms. The Morgan fingerprint density at radius 1 is 1.38 bits per heavy atom. The van der Waals surface area contributed by atoms with E-state index in [9.17, 15) is 9.90 Å². The average molecular weight is 362 g/mol. The van der Waals surface area contributed by atoms with Crippen molar-refractivity contribution in [3.8, 4) is 0 Å². The SMILES string of the molecule is Cc1ccsc1/C(=C\CCN1CCC[C@@H](C(=O)O)C1)c1cccs1. The molecule has 0 amide bonds. The lowest BCUT2D eigenvalue weighted by Crippen LogP contribution is -2.39. The van der Waals surface area contributed by atoms with E-state index in [2.05, 4.69) is 46.9 Å². The number of piperidine rings is 1. The van der Waals surface area contributed by atoms with Crippen LogP contribution in [-0.2, 0) is 4.79 Å². The minimum absolute atomic E-state index is 0.195. The van der Waals surface area contributed by atoms with Gasteiger partial charge in [0, 0.05) is 28.4 Å². The zero-order valence-corrected chi connectivity index (χ0v) is 15.5. The molecule has 3 nitrogen and oxygen atoms in total. The van der Waals surface area contributed by atoms with Gasteiger partial charge in [0.25, 0.3) is 0 Å². The third-order valence-electron chi connectivity index (χ3n) is 4.54. The van der Waals surface area contributed by atoms with Crippen LogP contribution < -0.4 is 0 Å². The van der Waals surface area contributed by atoms with Gasteiger partial charge in [0.2, 0.25) is 0 Å². The average Bonchev–Trinajstić information content (AvgIpc) is 3.24. The maximum Gasteiger partial charge on any atom is 0.307 e. The Balaban J connectivity index is 1.68. The number of nitrogens with zero attached hydrogens (tertiary/aromatic N) is 1. The van der Waals surface area contributed by atoms with E-state index < -0.39 is 5.97 Å². The predicted octanol–water partition coefficient (Wildman–Crippen LogP) is 4.74. The quantitative estimate of drug-likeness (QED) is 0.808. The van der Waals surface area contributed by atoms with Gasteiger partial charge in [-0.2, -0.15) is 0 Å². The topological polar surface area (TPSA) is 40.5 Å². The van der Waals surface area contributed by atoms with Gasteiger partial charge in [-0.05, 0) is 61.2 Å². The zero-order valence-electron chi connectivity index (χ0n) is 13.9. The van der Waals surface area contributed by atoms with Gasteiger partial charge in [-0.3, -0.25) is 4.79 Å². The van der Waals surface area contributed by atoms with Crippen molar-refractivity contribution in [2.75, 3.05) is 19.6 Å². The molecule has 1 aliphatic rings. The molecule has 24 heavy (non-hydrogen) atoms. The zero-order chi connectivity index (χ0) is 16.9. The number of rotatable bonds is 6. The summed E-state index contributed by atoms with van der Waals surface area (Å²) < 4.78 is 0. The fourth-order valence-corrected chi connectivity index (χ4v) is 5.06. The summed E-state index contributed by atoms with van der Waals surface area (Å²) in [6, 6.07) is 6.44. The summed E-state index contributed by atoms with van der Waals surface area (Å²) in [6.07, 6.45) is 5.09. The van der Waals surface area contributed by atoms with Gasteiger partial charge in [0.05, 0.1) is 5.92 Å². The van der Waals surface area contributed by atoms with Crippen LogP contribution in [0.1, 0.15) is 34.6 Å². The van der Waals surface area contributed by atoms with Crippen molar-refractivity contribution in [1.29, 1.82) is 0 Å². The number of carboxylic acid groups (broad SMARTS) is 1. The van der Waals surface area contributed by atoms with Gasteiger partial charge in [0.15, 0.2) is 0 Å². The van der Waals surface area contributed by atoms with Crippen LogP contribution in [-0.4, -0.2) is 35.6 Å². The van der Waals surface area contributed by atoms with E-state index in [-0.39, 0.29) is 5.92 Å². The van der Waals surface area contributed by atoms with Crippen molar-refractivity contribution in [1.82, 2.24) is 4.90 Å². The molecular formula is C19H23NO2S2. The Labute approximate surface area is 151 Å². The Bertz CT molecular complexity index is 703. The van der Waals surface area contributed by atoms with E-state index in [1.54, 1.807) is 22.7 Å². The van der Waals surface area contributed by atoms with E-state index in [4.69, 9.17) is 0 Å². The molecular weight excluding hydrogens is 338 g/mol. The molecule has 0 radical (unpaired) electrons. The van der Waals surface area contributed by atoms with Gasteiger partial charge >= 0.3 is 5.97 Å². The van der Waals surface area contributed by atoms with Crippen LogP contribution in [0, 0.1) is 12.8 Å². The van der Waals surface area contributed by atoms with Crippen molar-refractivity contribution in [2.24, 2.45) is 5.92 Å². The summed E-state index contributed by atoms with van der Waals surface area (Å²) in [5.41, 5.74) is 2.65. The summed E-state index contributed by atoms with van der Waals surface area (Å²) >= 11 is 3.57. The highest BCUT2D eigenvalue weighted by Gasteiger charge is 2.24. The Hall–Kier alpha value is -1.43. The fraction of sp³-hybridized carbons (Fsp3) is 0.421. The van der Waals surface area contributed by atoms with Crippen LogP contribution in [0.4, 0.5) is 0 Å². The molecule has 1 aliphatic heterocycles. The van der Waals surface area contributed by atoms with E-state index in [0.717, 1.165) is 32.4 Å². The highest BCUT2D eigenvalue weighted by atomic mass is 32.1. The maximum absolute atomic E-state index is 11.2. The number of hydrogen-bond donors (Lipinski definition) is 1. The number of carbonyl (C=O) groups is 1. The number of aryl methyl sites for hydroxylation is 1. The first-order valence-corrected chi connectivity index (χ1v) is 10.1. The molecule has 0 aliphatic carbocycles. The molecule has 3 heterocycles. The molecule has 1 fully saturated rings. The summed E-state index contributed by atoms with van der Waals surface area (Å²) in [5, 5.41) is 13.5. The standard InChI is InChI=1S/C19H23NO2S2/c1-14-8-12-24-18(14)16(17-7-4-11-23-17)6-3-10-20-9-2-5-15(13-20)19(21)22/h4,6-8,11-12,15H,2-3,5,9-10,13H2,1H3,(H,21,22)/b16-6-/t15-/m1/s1. The van der Waals surface area contributed by atoms with Crippen molar-refractivity contribution < 1.29 is 9.90 Å². The van der Waals surface area contributed by atoms with Crippen LogP contribution in [0.15, 0.2) is 35.0 Å². The van der Waals surface area contributed by atoms with Crippen LogP contribution in [0.3, 0.4) is 0 Å². The normalized spacial score (nSPS) is 19.5. The van der Waals surface area contributed by atoms with E-state index in [1.165, 1.54) is 20.9 Å². The number of thiophene rings is 2. The summed E-state index contributed by atoms with van der Waals surface area (Å²) in [7, 11) is 0. The minimum Gasteiger partial charge on any atom is -0.481 e. The Morgan fingerprint density at radius 2 is 2.25 bits per heavy atom. The van der Waals surface area contributed by atoms with Crippen molar-refractivity contribution >= 4 is 34.2 Å². The number of hydrogen-bond acceptors (Lipinski definition) is 4. The summed E-state index contributed by atoms with van der Waals surface area (Å²) in [4.78, 5) is 16.1. The molecule has 1 saturated heterocycles. The molecule has 0 bridgehead atoms. The largest absolute Gasteiger partial charge is 0.481 e. The molecule has 1 N–H and O–H groups in total. The van der Waals surface area contributed by atoms with Gasteiger partial charge in [0.1, 0.15) is 0 Å². The summed E-state index contributed by atoms with van der Waals surface area (Å²) in [6.45, 7) is 4.80. The minimum atomic E-state index is -0.649. The summed E-state index contributed by atoms with van der Waals surface area (Å²) in [5.74, 6) is -0.845. The third-order valence-corrected chi connectivity index (χ3v) is 6.49. The van der Waals surface area contributed by atoms with Crippen LogP contribution in [0.25, 0.3) is 5.57 Å². The van der Waals surface area contributed by atoms with Crippen LogP contribution in [0.5, 0.6) is 0 Å². The van der Waals surface area contributed by atoms with Gasteiger partial charge in [-0.1, -0.05) is 12.1 Å². The van der Waals surface area contributed by atoms with Gasteiger partial charge in [-0.25, -0.2) is 0 Å². The molecule has 0 unspecified atom stereocenters. The molecule has 0 saturated carbocycles. The second-order valence-electron chi connectivity index (χ2n) is 6.29. The van der Waals surface area contributed by atoms with E-state index in [1.807, 2.05) is 0 Å². The van der Waals surface area contributed by atoms with Gasteiger partial charge < -0.3 is 10.0 Å². The van der Waals surface area contributed by atoms with Crippen molar-refractivity contribution in [3.63, 3.8) is 0 Å². The monoisotopic (exact) mass is 361 g/mol. The van der Waals surface area contributed by atoms with Crippen LogP contribution >= 0.6 is 22.7 Å².